The van der Waals surface area contributed by atoms with E-state index in [0.717, 1.165) is 12.8 Å². The van der Waals surface area contributed by atoms with Gasteiger partial charge >= 0.3 is 6.09 Å². The molecule has 0 radical (unpaired) electrons. The lowest BCUT2D eigenvalue weighted by Crippen LogP contribution is -2.42. The molecule has 0 unspecified atom stereocenters. The largest absolute Gasteiger partial charge is 0.446 e. The van der Waals surface area contributed by atoms with Crippen molar-refractivity contribution in [1.82, 2.24) is 5.32 Å². The lowest BCUT2D eigenvalue weighted by Gasteiger charge is -2.25. The number of alkyl carbamates (subject to hydrolysis) is 1. The van der Waals surface area contributed by atoms with E-state index in [1.54, 1.807) is 0 Å². The van der Waals surface area contributed by atoms with Crippen LogP contribution in [0.3, 0.4) is 0 Å². The van der Waals surface area contributed by atoms with Crippen molar-refractivity contribution in [3.8, 4) is 0 Å². The Hall–Kier alpha value is -0.730. The van der Waals surface area contributed by atoms with Crippen molar-refractivity contribution >= 4 is 6.09 Å². The summed E-state index contributed by atoms with van der Waals surface area (Å²) in [6.07, 6.45) is 5.58. The van der Waals surface area contributed by atoms with Crippen molar-refractivity contribution in [3.05, 3.63) is 0 Å². The van der Waals surface area contributed by atoms with Gasteiger partial charge in [0.1, 0.15) is 6.10 Å². The summed E-state index contributed by atoms with van der Waals surface area (Å²) in [6.45, 7) is 5.86. The quantitative estimate of drug-likeness (QED) is 0.705. The fourth-order valence-electron chi connectivity index (χ4n) is 1.67. The fraction of sp³-hybridized carbons (Fsp3) is 0.909. The SMILES string of the molecule is CC(C)(C)NC(=O)OC1CCCCC1. The molecule has 0 aromatic rings. The number of amides is 1. The van der Waals surface area contributed by atoms with E-state index in [1.807, 2.05) is 20.8 Å². The molecule has 0 aromatic heterocycles. The molecule has 0 saturated heterocycles. The van der Waals surface area contributed by atoms with Crippen molar-refractivity contribution in [2.45, 2.75) is 64.5 Å². The third kappa shape index (κ3) is 4.49. The van der Waals surface area contributed by atoms with Crippen LogP contribution in [0.25, 0.3) is 0 Å². The zero-order valence-electron chi connectivity index (χ0n) is 9.43. The van der Waals surface area contributed by atoms with E-state index in [4.69, 9.17) is 4.74 Å². The molecule has 82 valence electrons. The number of hydrogen-bond donors (Lipinski definition) is 1. The Bertz CT molecular complexity index is 190. The van der Waals surface area contributed by atoms with Crippen LogP contribution in [-0.2, 0) is 4.74 Å². The Kier molecular flexibility index (Phi) is 3.78. The van der Waals surface area contributed by atoms with Crippen LogP contribution in [0, 0.1) is 0 Å². The zero-order chi connectivity index (χ0) is 10.6. The molecule has 0 bridgehead atoms. The van der Waals surface area contributed by atoms with Gasteiger partial charge in [-0.2, -0.15) is 0 Å². The van der Waals surface area contributed by atoms with Crippen molar-refractivity contribution in [3.63, 3.8) is 0 Å². The molecule has 1 rings (SSSR count). The lowest BCUT2D eigenvalue weighted by atomic mass is 9.98. The standard InChI is InChI=1S/C11H21NO2/c1-11(2,3)12-10(13)14-9-7-5-4-6-8-9/h9H,4-8H2,1-3H3,(H,12,13). The number of hydrogen-bond acceptors (Lipinski definition) is 2. The van der Waals surface area contributed by atoms with Crippen molar-refractivity contribution in [2.75, 3.05) is 0 Å². The first kappa shape index (κ1) is 11.3. The number of carbonyl (C=O) groups excluding carboxylic acids is 1. The van der Waals surface area contributed by atoms with E-state index < -0.39 is 0 Å². The molecule has 0 atom stereocenters. The van der Waals surface area contributed by atoms with Crippen LogP contribution in [-0.4, -0.2) is 17.7 Å². The predicted molar refractivity (Wildman–Crippen MR) is 56.2 cm³/mol. The van der Waals surface area contributed by atoms with Gasteiger partial charge < -0.3 is 10.1 Å². The van der Waals surface area contributed by atoms with Crippen LogP contribution in [0.1, 0.15) is 52.9 Å². The number of carbonyl (C=O) groups is 1. The molecule has 3 nitrogen and oxygen atoms in total. The highest BCUT2D eigenvalue weighted by atomic mass is 16.6. The Labute approximate surface area is 86.2 Å². The third-order valence-corrected chi connectivity index (χ3v) is 2.30. The highest BCUT2D eigenvalue weighted by Crippen LogP contribution is 2.20. The summed E-state index contributed by atoms with van der Waals surface area (Å²) in [5, 5.41) is 2.81. The normalized spacial score (nSPS) is 19.1. The monoisotopic (exact) mass is 199 g/mol. The van der Waals surface area contributed by atoms with Gasteiger partial charge in [0.05, 0.1) is 0 Å². The molecule has 3 heteroatoms. The third-order valence-electron chi connectivity index (χ3n) is 2.30. The molecule has 1 aliphatic carbocycles. The second-order valence-electron chi connectivity index (χ2n) is 5.04. The van der Waals surface area contributed by atoms with Gasteiger partial charge in [-0.3, -0.25) is 0 Å². The maximum absolute atomic E-state index is 11.4. The summed E-state index contributed by atoms with van der Waals surface area (Å²) in [4.78, 5) is 11.4. The molecule has 0 aromatic carbocycles. The highest BCUT2D eigenvalue weighted by Gasteiger charge is 2.20. The molecule has 1 fully saturated rings. The Morgan fingerprint density at radius 2 is 1.79 bits per heavy atom. The molecule has 14 heavy (non-hydrogen) atoms. The summed E-state index contributed by atoms with van der Waals surface area (Å²) in [7, 11) is 0. The van der Waals surface area contributed by atoms with Crippen LogP contribution < -0.4 is 5.32 Å². The van der Waals surface area contributed by atoms with E-state index >= 15 is 0 Å². The van der Waals surface area contributed by atoms with Crippen LogP contribution in [0.15, 0.2) is 0 Å². The fourth-order valence-corrected chi connectivity index (χ4v) is 1.67. The van der Waals surface area contributed by atoms with E-state index in [9.17, 15) is 4.79 Å². The maximum Gasteiger partial charge on any atom is 0.407 e. The molecule has 1 N–H and O–H groups in total. The second kappa shape index (κ2) is 4.67. The van der Waals surface area contributed by atoms with Gasteiger partial charge in [0.15, 0.2) is 0 Å². The minimum atomic E-state index is -0.274. The first-order valence-corrected chi connectivity index (χ1v) is 5.46. The minimum Gasteiger partial charge on any atom is -0.446 e. The van der Waals surface area contributed by atoms with Crippen LogP contribution in [0.5, 0.6) is 0 Å². The lowest BCUT2D eigenvalue weighted by molar-refractivity contribution is 0.0702. The van der Waals surface area contributed by atoms with Crippen LogP contribution in [0.2, 0.25) is 0 Å². The molecule has 0 spiro atoms. The molecule has 1 amide bonds. The van der Waals surface area contributed by atoms with Crippen molar-refractivity contribution in [2.24, 2.45) is 0 Å². The molecule has 1 aliphatic rings. The molecule has 0 heterocycles. The molecule has 0 aliphatic heterocycles. The average Bonchev–Trinajstić information content (AvgIpc) is 2.02. The van der Waals surface area contributed by atoms with Gasteiger partial charge in [-0.05, 0) is 46.5 Å². The van der Waals surface area contributed by atoms with Crippen LogP contribution >= 0.6 is 0 Å². The van der Waals surface area contributed by atoms with E-state index in [0.29, 0.717) is 0 Å². The molecular weight excluding hydrogens is 178 g/mol. The first-order chi connectivity index (χ1) is 6.47. The first-order valence-electron chi connectivity index (χ1n) is 5.46. The van der Waals surface area contributed by atoms with Crippen LogP contribution in [0.4, 0.5) is 4.79 Å². The smallest absolute Gasteiger partial charge is 0.407 e. The Balaban J connectivity index is 2.25. The van der Waals surface area contributed by atoms with Gasteiger partial charge in [0, 0.05) is 5.54 Å². The summed E-state index contributed by atoms with van der Waals surface area (Å²) in [6, 6.07) is 0. The van der Waals surface area contributed by atoms with E-state index in [2.05, 4.69) is 5.32 Å². The topological polar surface area (TPSA) is 38.3 Å². The second-order valence-corrected chi connectivity index (χ2v) is 5.04. The van der Waals surface area contributed by atoms with Crippen molar-refractivity contribution in [1.29, 1.82) is 0 Å². The predicted octanol–water partition coefficient (Wildman–Crippen LogP) is 2.84. The Morgan fingerprint density at radius 1 is 1.21 bits per heavy atom. The summed E-state index contributed by atoms with van der Waals surface area (Å²) in [5.74, 6) is 0. The Morgan fingerprint density at radius 3 is 2.29 bits per heavy atom. The van der Waals surface area contributed by atoms with Gasteiger partial charge in [-0.25, -0.2) is 4.79 Å². The van der Waals surface area contributed by atoms with Gasteiger partial charge in [-0.1, -0.05) is 6.42 Å². The number of rotatable bonds is 1. The van der Waals surface area contributed by atoms with E-state index in [-0.39, 0.29) is 17.7 Å². The number of ether oxygens (including phenoxy) is 1. The van der Waals surface area contributed by atoms with E-state index in [1.165, 1.54) is 19.3 Å². The average molecular weight is 199 g/mol. The highest BCUT2D eigenvalue weighted by molar-refractivity contribution is 5.68. The molecule has 1 saturated carbocycles. The summed E-state index contributed by atoms with van der Waals surface area (Å²) >= 11 is 0. The zero-order valence-corrected chi connectivity index (χ0v) is 9.43. The van der Waals surface area contributed by atoms with Crippen molar-refractivity contribution < 1.29 is 9.53 Å². The van der Waals surface area contributed by atoms with Gasteiger partial charge in [0.25, 0.3) is 0 Å². The molecular formula is C11H21NO2. The maximum atomic E-state index is 11.4. The number of nitrogens with one attached hydrogen (secondary N) is 1. The van der Waals surface area contributed by atoms with Gasteiger partial charge in [-0.15, -0.1) is 0 Å². The van der Waals surface area contributed by atoms with Gasteiger partial charge in [0.2, 0.25) is 0 Å². The summed E-state index contributed by atoms with van der Waals surface area (Å²) < 4.78 is 5.32. The summed E-state index contributed by atoms with van der Waals surface area (Å²) in [5.41, 5.74) is -0.203. The minimum absolute atomic E-state index is 0.145.